The van der Waals surface area contributed by atoms with E-state index in [1.54, 1.807) is 0 Å². The fourth-order valence-corrected chi connectivity index (χ4v) is 8.10. The van der Waals surface area contributed by atoms with E-state index in [1.807, 2.05) is 0 Å². The summed E-state index contributed by atoms with van der Waals surface area (Å²) in [6.07, 6.45) is 24.2. The summed E-state index contributed by atoms with van der Waals surface area (Å²) >= 11 is 0. The SMILES string of the molecule is CCCCCCCCCCc1ccc2cc3cc4c(cc3cc2c1)oc1cc2cc3cc(CCCCCCCCCC)ccc3cc2cc14. The van der Waals surface area contributed by atoms with Gasteiger partial charge in [-0.05, 0) is 128 Å². The molecule has 1 heteroatoms. The second-order valence-electron chi connectivity index (χ2n) is 15.0. The van der Waals surface area contributed by atoms with Gasteiger partial charge in [-0.15, -0.1) is 0 Å². The van der Waals surface area contributed by atoms with Crippen molar-refractivity contribution in [1.82, 2.24) is 0 Å². The predicted molar refractivity (Wildman–Crippen MR) is 216 cm³/mol. The molecule has 7 aromatic rings. The molecule has 1 nitrogen and oxygen atoms in total. The summed E-state index contributed by atoms with van der Waals surface area (Å²) in [6.45, 7) is 4.58. The molecule has 0 atom stereocenters. The van der Waals surface area contributed by atoms with Crippen LogP contribution in [0, 0.1) is 0 Å². The first-order chi connectivity index (χ1) is 24.2. The Hall–Kier alpha value is -3.84. The van der Waals surface area contributed by atoms with Gasteiger partial charge in [-0.2, -0.15) is 0 Å². The van der Waals surface area contributed by atoms with E-state index in [0.717, 1.165) is 11.2 Å². The molecule has 0 amide bonds. The Balaban J connectivity index is 1.07. The maximum Gasteiger partial charge on any atom is 0.136 e. The molecule has 0 saturated carbocycles. The number of hydrogen-bond acceptors (Lipinski definition) is 1. The Morgan fingerprint density at radius 2 is 0.673 bits per heavy atom. The minimum absolute atomic E-state index is 0.976. The van der Waals surface area contributed by atoms with E-state index in [0.29, 0.717) is 0 Å². The van der Waals surface area contributed by atoms with Gasteiger partial charge < -0.3 is 4.42 Å². The molecule has 0 unspecified atom stereocenters. The summed E-state index contributed by atoms with van der Waals surface area (Å²) in [5, 5.41) is 12.8. The Bertz CT molecular complexity index is 2010. The molecule has 0 aliphatic heterocycles. The number of furan rings is 1. The molecule has 254 valence electrons. The first-order valence-electron chi connectivity index (χ1n) is 19.9. The van der Waals surface area contributed by atoms with Crippen LogP contribution in [0.15, 0.2) is 89.3 Å². The van der Waals surface area contributed by atoms with E-state index < -0.39 is 0 Å². The van der Waals surface area contributed by atoms with E-state index in [4.69, 9.17) is 4.42 Å². The molecule has 6 aromatic carbocycles. The molecule has 0 N–H and O–H groups in total. The second kappa shape index (κ2) is 16.2. The van der Waals surface area contributed by atoms with Gasteiger partial charge in [0.1, 0.15) is 11.2 Å². The van der Waals surface area contributed by atoms with Crippen LogP contribution in [0.2, 0.25) is 0 Å². The van der Waals surface area contributed by atoms with Crippen molar-refractivity contribution in [2.24, 2.45) is 0 Å². The number of fused-ring (bicyclic) bond motifs is 7. The molecule has 1 aromatic heterocycles. The highest BCUT2D eigenvalue weighted by Crippen LogP contribution is 2.37. The van der Waals surface area contributed by atoms with Crippen molar-refractivity contribution in [3.63, 3.8) is 0 Å². The maximum atomic E-state index is 6.55. The molecular formula is C48H56O. The monoisotopic (exact) mass is 648 g/mol. The molecule has 0 saturated heterocycles. The average molecular weight is 649 g/mol. The molecule has 7 rings (SSSR count). The van der Waals surface area contributed by atoms with E-state index in [1.165, 1.54) is 181 Å². The lowest BCUT2D eigenvalue weighted by molar-refractivity contribution is 0.575. The van der Waals surface area contributed by atoms with Gasteiger partial charge in [-0.25, -0.2) is 0 Å². The summed E-state index contributed by atoms with van der Waals surface area (Å²) in [7, 11) is 0. The second-order valence-corrected chi connectivity index (χ2v) is 15.0. The predicted octanol–water partition coefficient (Wildman–Crippen LogP) is 15.6. The summed E-state index contributed by atoms with van der Waals surface area (Å²) in [5.41, 5.74) is 4.87. The normalized spacial score (nSPS) is 12.1. The van der Waals surface area contributed by atoms with Crippen molar-refractivity contribution in [3.8, 4) is 0 Å². The number of hydrogen-bond donors (Lipinski definition) is 0. The smallest absolute Gasteiger partial charge is 0.136 e. The van der Waals surface area contributed by atoms with E-state index in [9.17, 15) is 0 Å². The summed E-state index contributed by atoms with van der Waals surface area (Å²) in [5.74, 6) is 0. The number of benzene rings is 6. The fraction of sp³-hybridized carbons (Fsp3) is 0.417. The Morgan fingerprint density at radius 1 is 0.327 bits per heavy atom. The minimum Gasteiger partial charge on any atom is -0.456 e. The van der Waals surface area contributed by atoms with Gasteiger partial charge in [0.05, 0.1) is 0 Å². The van der Waals surface area contributed by atoms with Crippen LogP contribution in [0.3, 0.4) is 0 Å². The molecule has 0 fully saturated rings. The van der Waals surface area contributed by atoms with Crippen molar-refractivity contribution >= 4 is 65.0 Å². The summed E-state index contributed by atoms with van der Waals surface area (Å²) < 4.78 is 6.55. The standard InChI is InChI=1S/C48H56O/c1-3-5-7-9-11-13-15-17-19-35-21-23-37-27-41-31-45-46-32-42-28-38-24-22-36(20-18-16-14-12-10-8-6-4-2)26-40(38)30-44(42)34-48(46)49-47(45)33-43(41)29-39(37)25-35/h21-34H,3-20H2,1-2H3. The van der Waals surface area contributed by atoms with Crippen molar-refractivity contribution < 1.29 is 4.42 Å². The average Bonchev–Trinajstić information content (AvgIpc) is 3.45. The molecule has 0 spiro atoms. The topological polar surface area (TPSA) is 13.1 Å². The van der Waals surface area contributed by atoms with Gasteiger partial charge in [-0.1, -0.05) is 140 Å². The van der Waals surface area contributed by atoms with Crippen LogP contribution in [0.4, 0.5) is 0 Å². The summed E-state index contributed by atoms with van der Waals surface area (Å²) in [4.78, 5) is 0. The first kappa shape index (κ1) is 33.6. The molecule has 49 heavy (non-hydrogen) atoms. The van der Waals surface area contributed by atoms with Gasteiger partial charge >= 0.3 is 0 Å². The van der Waals surface area contributed by atoms with Gasteiger partial charge in [0.2, 0.25) is 0 Å². The Morgan fingerprint density at radius 3 is 1.10 bits per heavy atom. The Labute approximate surface area is 294 Å². The van der Waals surface area contributed by atoms with Crippen LogP contribution in [0.5, 0.6) is 0 Å². The molecular weight excluding hydrogens is 593 g/mol. The van der Waals surface area contributed by atoms with Crippen LogP contribution in [-0.2, 0) is 12.8 Å². The number of unbranched alkanes of at least 4 members (excludes halogenated alkanes) is 14. The highest BCUT2D eigenvalue weighted by Gasteiger charge is 2.12. The molecule has 0 aliphatic carbocycles. The van der Waals surface area contributed by atoms with Gasteiger partial charge in [0.15, 0.2) is 0 Å². The third kappa shape index (κ3) is 8.15. The molecule has 1 heterocycles. The molecule has 0 radical (unpaired) electrons. The van der Waals surface area contributed by atoms with Crippen LogP contribution < -0.4 is 0 Å². The van der Waals surface area contributed by atoms with E-state index >= 15 is 0 Å². The van der Waals surface area contributed by atoms with Crippen molar-refractivity contribution in [3.05, 3.63) is 96.1 Å². The minimum atomic E-state index is 0.976. The van der Waals surface area contributed by atoms with Crippen LogP contribution in [-0.4, -0.2) is 0 Å². The van der Waals surface area contributed by atoms with Gasteiger partial charge in [0, 0.05) is 10.8 Å². The van der Waals surface area contributed by atoms with Crippen molar-refractivity contribution in [2.75, 3.05) is 0 Å². The lowest BCUT2D eigenvalue weighted by Crippen LogP contribution is -1.87. The van der Waals surface area contributed by atoms with E-state index in [-0.39, 0.29) is 0 Å². The van der Waals surface area contributed by atoms with Gasteiger partial charge in [-0.3, -0.25) is 0 Å². The quantitative estimate of drug-likeness (QED) is 0.0666. The Kier molecular flexibility index (Phi) is 11.2. The van der Waals surface area contributed by atoms with Gasteiger partial charge in [0.25, 0.3) is 0 Å². The highest BCUT2D eigenvalue weighted by molar-refractivity contribution is 6.15. The first-order valence-corrected chi connectivity index (χ1v) is 19.9. The third-order valence-electron chi connectivity index (χ3n) is 11.1. The molecule has 0 aliphatic rings. The molecule has 0 bridgehead atoms. The largest absolute Gasteiger partial charge is 0.456 e. The maximum absolute atomic E-state index is 6.55. The van der Waals surface area contributed by atoms with Crippen LogP contribution >= 0.6 is 0 Å². The third-order valence-corrected chi connectivity index (χ3v) is 11.1. The highest BCUT2D eigenvalue weighted by atomic mass is 16.3. The number of rotatable bonds is 18. The van der Waals surface area contributed by atoms with Crippen molar-refractivity contribution in [1.29, 1.82) is 0 Å². The fourth-order valence-electron chi connectivity index (χ4n) is 8.10. The summed E-state index contributed by atoms with van der Waals surface area (Å²) in [6, 6.07) is 32.8. The van der Waals surface area contributed by atoms with Crippen molar-refractivity contribution in [2.45, 2.75) is 129 Å². The van der Waals surface area contributed by atoms with E-state index in [2.05, 4.69) is 98.8 Å². The van der Waals surface area contributed by atoms with Crippen LogP contribution in [0.1, 0.15) is 128 Å². The lowest BCUT2D eigenvalue weighted by Gasteiger charge is -2.07. The lowest BCUT2D eigenvalue weighted by atomic mass is 9.97. The zero-order valence-electron chi connectivity index (χ0n) is 30.2. The zero-order chi connectivity index (χ0) is 33.4. The number of aryl methyl sites for hydroxylation is 2. The zero-order valence-corrected chi connectivity index (χ0v) is 30.2. The van der Waals surface area contributed by atoms with Crippen LogP contribution in [0.25, 0.3) is 65.0 Å².